The molecule has 3 N–H and O–H groups in total. The van der Waals surface area contributed by atoms with Gasteiger partial charge in [-0.05, 0) is 48.6 Å². The van der Waals surface area contributed by atoms with E-state index in [-0.39, 0.29) is 10.0 Å². The van der Waals surface area contributed by atoms with Crippen LogP contribution in [0, 0.1) is 0 Å². The zero-order chi connectivity index (χ0) is 17.6. The van der Waals surface area contributed by atoms with Gasteiger partial charge in [-0.25, -0.2) is 8.42 Å². The van der Waals surface area contributed by atoms with Crippen molar-refractivity contribution < 1.29 is 13.2 Å². The van der Waals surface area contributed by atoms with Crippen LogP contribution in [0.1, 0.15) is 0 Å². The minimum absolute atomic E-state index is 0.0204. The number of anilines is 1. The monoisotopic (exact) mass is 383 g/mol. The summed E-state index contributed by atoms with van der Waals surface area (Å²) in [5, 5.41) is 3.39. The first-order valence-electron chi connectivity index (χ1n) is 6.76. The molecule has 6 nitrogen and oxygen atoms in total. The van der Waals surface area contributed by atoms with E-state index in [1.165, 1.54) is 24.3 Å². The molecule has 0 aliphatic carbocycles. The second kappa shape index (κ2) is 8.09. The van der Waals surface area contributed by atoms with Gasteiger partial charge in [-0.15, -0.1) is 0 Å². The molecule has 24 heavy (non-hydrogen) atoms. The van der Waals surface area contributed by atoms with Crippen molar-refractivity contribution in [2.75, 3.05) is 11.1 Å². The number of carbonyl (C=O) groups is 1. The van der Waals surface area contributed by atoms with E-state index >= 15 is 0 Å². The number of hydrogen-bond donors (Lipinski definition) is 3. The molecule has 2 rings (SSSR count). The molecule has 0 saturated heterocycles. The summed E-state index contributed by atoms with van der Waals surface area (Å²) in [7, 11) is -3.76. The quantitative estimate of drug-likeness (QED) is 0.554. The third-order valence-corrected chi connectivity index (χ3v) is 4.93. The first-order chi connectivity index (χ1) is 11.4. The topological polar surface area (TPSA) is 87.3 Å². The first-order valence-corrected chi connectivity index (χ1v) is 9.20. The summed E-state index contributed by atoms with van der Waals surface area (Å²) in [4.78, 5) is 11.8. The number of sulfone groups is 1. The van der Waals surface area contributed by atoms with Crippen molar-refractivity contribution in [1.29, 1.82) is 0 Å². The highest BCUT2D eigenvalue weighted by Crippen LogP contribution is 2.15. The molecule has 0 saturated carbocycles. The number of para-hydroxylation sites is 1. The number of hydrogen-bond acceptors (Lipinski definition) is 4. The average Bonchev–Trinajstić information content (AvgIpc) is 2.54. The van der Waals surface area contributed by atoms with Crippen molar-refractivity contribution >= 4 is 50.4 Å². The van der Waals surface area contributed by atoms with E-state index < -0.39 is 21.5 Å². The normalized spacial score (nSPS) is 10.7. The zero-order valence-electron chi connectivity index (χ0n) is 12.3. The van der Waals surface area contributed by atoms with E-state index in [2.05, 4.69) is 16.2 Å². The fourth-order valence-corrected chi connectivity index (χ4v) is 3.17. The lowest BCUT2D eigenvalue weighted by atomic mass is 10.3. The SMILES string of the molecule is O=C(CS(=O)(=O)c1ccc(Cl)cc1)NNC(=S)Nc1ccccc1. The zero-order valence-corrected chi connectivity index (χ0v) is 14.7. The first kappa shape index (κ1) is 18.2. The maximum Gasteiger partial charge on any atom is 0.253 e. The molecule has 126 valence electrons. The second-order valence-electron chi connectivity index (χ2n) is 4.71. The van der Waals surface area contributed by atoms with Gasteiger partial charge in [0, 0.05) is 10.7 Å². The van der Waals surface area contributed by atoms with Gasteiger partial charge in [-0.2, -0.15) is 0 Å². The van der Waals surface area contributed by atoms with Crippen LogP contribution in [0.25, 0.3) is 0 Å². The Bertz CT molecular complexity index is 825. The van der Waals surface area contributed by atoms with Crippen LogP contribution in [0.15, 0.2) is 59.5 Å². The van der Waals surface area contributed by atoms with E-state index in [1.54, 1.807) is 12.1 Å². The molecular formula is C15H14ClN3O3S2. The summed E-state index contributed by atoms with van der Waals surface area (Å²) in [5.41, 5.74) is 5.43. The number of hydrazine groups is 1. The van der Waals surface area contributed by atoms with Crippen LogP contribution in [0.5, 0.6) is 0 Å². The molecule has 2 aromatic rings. The summed E-state index contributed by atoms with van der Waals surface area (Å²) in [6.07, 6.45) is 0. The fraction of sp³-hybridized carbons (Fsp3) is 0.0667. The van der Waals surface area contributed by atoms with E-state index in [9.17, 15) is 13.2 Å². The second-order valence-corrected chi connectivity index (χ2v) is 7.54. The molecule has 0 heterocycles. The number of rotatable bonds is 4. The Hall–Kier alpha value is -2.16. The Morgan fingerprint density at radius 1 is 1.00 bits per heavy atom. The average molecular weight is 384 g/mol. The fourth-order valence-electron chi connectivity index (χ4n) is 1.74. The Labute approximate surface area is 150 Å². The van der Waals surface area contributed by atoms with Crippen LogP contribution in [0.2, 0.25) is 5.02 Å². The lowest BCUT2D eigenvalue weighted by molar-refractivity contribution is -0.119. The minimum atomic E-state index is -3.76. The van der Waals surface area contributed by atoms with Gasteiger partial charge in [-0.1, -0.05) is 29.8 Å². The van der Waals surface area contributed by atoms with Crippen LogP contribution in [-0.4, -0.2) is 25.2 Å². The highest BCUT2D eigenvalue weighted by atomic mass is 35.5. The molecule has 0 aromatic heterocycles. The highest BCUT2D eigenvalue weighted by molar-refractivity contribution is 7.92. The maximum absolute atomic E-state index is 12.1. The van der Waals surface area contributed by atoms with Crippen molar-refractivity contribution in [1.82, 2.24) is 10.9 Å². The van der Waals surface area contributed by atoms with E-state index in [0.717, 1.165) is 5.69 Å². The number of carbonyl (C=O) groups excluding carboxylic acids is 1. The number of halogens is 1. The Morgan fingerprint density at radius 3 is 2.25 bits per heavy atom. The van der Waals surface area contributed by atoms with Gasteiger partial charge in [0.25, 0.3) is 5.91 Å². The molecule has 9 heteroatoms. The van der Waals surface area contributed by atoms with Crippen LogP contribution in [-0.2, 0) is 14.6 Å². The predicted octanol–water partition coefficient (Wildman–Crippen LogP) is 2.13. The van der Waals surface area contributed by atoms with Crippen molar-refractivity contribution in [2.45, 2.75) is 4.90 Å². The van der Waals surface area contributed by atoms with Gasteiger partial charge in [0.15, 0.2) is 14.9 Å². The van der Waals surface area contributed by atoms with Crippen molar-refractivity contribution in [3.63, 3.8) is 0 Å². The molecule has 0 aliphatic rings. The van der Waals surface area contributed by atoms with E-state index in [1.807, 2.05) is 18.2 Å². The summed E-state index contributed by atoms with van der Waals surface area (Å²) in [6, 6.07) is 14.7. The predicted molar refractivity (Wildman–Crippen MR) is 97.4 cm³/mol. The molecule has 1 amide bonds. The molecule has 0 aliphatic heterocycles. The van der Waals surface area contributed by atoms with Crippen molar-refractivity contribution in [3.8, 4) is 0 Å². The molecular weight excluding hydrogens is 370 g/mol. The van der Waals surface area contributed by atoms with Crippen LogP contribution < -0.4 is 16.2 Å². The van der Waals surface area contributed by atoms with Crippen LogP contribution in [0.3, 0.4) is 0 Å². The summed E-state index contributed by atoms with van der Waals surface area (Å²) >= 11 is 10.7. The largest absolute Gasteiger partial charge is 0.331 e. The van der Waals surface area contributed by atoms with Crippen LogP contribution in [0.4, 0.5) is 5.69 Å². The molecule has 0 bridgehead atoms. The molecule has 0 atom stereocenters. The summed E-state index contributed by atoms with van der Waals surface area (Å²) < 4.78 is 24.2. The lowest BCUT2D eigenvalue weighted by Crippen LogP contribution is -2.45. The Morgan fingerprint density at radius 2 is 1.62 bits per heavy atom. The molecule has 0 spiro atoms. The minimum Gasteiger partial charge on any atom is -0.331 e. The highest BCUT2D eigenvalue weighted by Gasteiger charge is 2.19. The van der Waals surface area contributed by atoms with Crippen molar-refractivity contribution in [2.24, 2.45) is 0 Å². The van der Waals surface area contributed by atoms with Crippen LogP contribution >= 0.6 is 23.8 Å². The Balaban J connectivity index is 1.86. The summed E-state index contributed by atoms with van der Waals surface area (Å²) in [6.45, 7) is 0. The maximum atomic E-state index is 12.1. The molecule has 0 radical (unpaired) electrons. The molecule has 0 fully saturated rings. The van der Waals surface area contributed by atoms with E-state index in [0.29, 0.717) is 5.02 Å². The molecule has 2 aromatic carbocycles. The van der Waals surface area contributed by atoms with Crippen molar-refractivity contribution in [3.05, 3.63) is 59.6 Å². The third-order valence-electron chi connectivity index (χ3n) is 2.84. The van der Waals surface area contributed by atoms with Gasteiger partial charge in [0.2, 0.25) is 0 Å². The van der Waals surface area contributed by atoms with Gasteiger partial charge in [-0.3, -0.25) is 15.6 Å². The molecule has 0 unspecified atom stereocenters. The number of amides is 1. The Kier molecular flexibility index (Phi) is 6.13. The third kappa shape index (κ3) is 5.48. The number of thiocarbonyl (C=S) groups is 1. The van der Waals surface area contributed by atoms with Gasteiger partial charge >= 0.3 is 0 Å². The van der Waals surface area contributed by atoms with Gasteiger partial charge in [0.05, 0.1) is 4.90 Å². The summed E-state index contributed by atoms with van der Waals surface area (Å²) in [5.74, 6) is -1.45. The van der Waals surface area contributed by atoms with Gasteiger partial charge < -0.3 is 5.32 Å². The number of nitrogens with one attached hydrogen (secondary N) is 3. The smallest absolute Gasteiger partial charge is 0.253 e. The number of benzene rings is 2. The lowest BCUT2D eigenvalue weighted by Gasteiger charge is -2.11. The standard InChI is InChI=1S/C15H14ClN3O3S2/c16-11-6-8-13(9-7-11)24(21,22)10-14(20)18-19-15(23)17-12-4-2-1-3-5-12/h1-9H,10H2,(H,18,20)(H2,17,19,23). The van der Waals surface area contributed by atoms with E-state index in [4.69, 9.17) is 23.8 Å². The van der Waals surface area contributed by atoms with Gasteiger partial charge in [0.1, 0.15) is 5.75 Å².